The molecular formula is C24H31NO6S2. The average molecular weight is 494 g/mol. The van der Waals surface area contributed by atoms with Crippen LogP contribution < -0.4 is 9.64 Å². The number of carbonyl (C=O) groups is 1. The number of ether oxygens (including phenoxy) is 1. The summed E-state index contributed by atoms with van der Waals surface area (Å²) in [5.74, 6) is -1.15. The summed E-state index contributed by atoms with van der Waals surface area (Å²) >= 11 is 1.37. The predicted molar refractivity (Wildman–Crippen MR) is 130 cm³/mol. The van der Waals surface area contributed by atoms with Crippen molar-refractivity contribution in [1.29, 1.82) is 0 Å². The number of hydrogen-bond donors (Lipinski definition) is 2. The summed E-state index contributed by atoms with van der Waals surface area (Å²) in [7, 11) is -3.67. The number of rotatable bonds is 9. The SMILES string of the molecule is CCCCC1(C)CN(c2ccccc2)c2cc(SC)c(OC[C@H](O)C(=O)O)cc2S(=O)(=O)C1. The fraction of sp³-hybridized carbons (Fsp3) is 0.458. The van der Waals surface area contributed by atoms with E-state index in [1.165, 1.54) is 17.8 Å². The van der Waals surface area contributed by atoms with Crippen LogP contribution in [0.5, 0.6) is 5.75 Å². The van der Waals surface area contributed by atoms with Gasteiger partial charge < -0.3 is 19.8 Å². The molecular weight excluding hydrogens is 462 g/mol. The summed E-state index contributed by atoms with van der Waals surface area (Å²) in [4.78, 5) is 13.9. The molecule has 2 aromatic rings. The Balaban J connectivity index is 2.16. The van der Waals surface area contributed by atoms with Gasteiger partial charge in [-0.1, -0.05) is 44.9 Å². The number of hydrogen-bond acceptors (Lipinski definition) is 7. The summed E-state index contributed by atoms with van der Waals surface area (Å²) in [6.07, 6.45) is 2.83. The minimum atomic E-state index is -3.67. The quantitative estimate of drug-likeness (QED) is 0.497. The molecule has 1 aliphatic heterocycles. The van der Waals surface area contributed by atoms with E-state index in [0.717, 1.165) is 24.9 Å². The van der Waals surface area contributed by atoms with Crippen LogP contribution in [0.2, 0.25) is 0 Å². The standard InChI is InChI=1S/C24H31NO6S2/c1-4-5-11-24(2)15-25(17-9-7-6-8-10-17)18-12-21(32-3)20(31-14-19(26)23(27)28)13-22(18)33(29,30)16-24/h6-10,12-13,19,26H,4-5,11,14-16H2,1-3H3,(H,27,28)/t19-,24?/m0/s1. The Kier molecular flexibility index (Phi) is 7.97. The van der Waals surface area contributed by atoms with Crippen molar-refractivity contribution < 1.29 is 28.2 Å². The van der Waals surface area contributed by atoms with Crippen molar-refractivity contribution >= 4 is 38.9 Å². The molecule has 1 heterocycles. The van der Waals surface area contributed by atoms with Gasteiger partial charge in [0.15, 0.2) is 15.9 Å². The third-order valence-electron chi connectivity index (χ3n) is 5.83. The summed E-state index contributed by atoms with van der Waals surface area (Å²) in [5, 5.41) is 18.6. The first kappa shape index (κ1) is 25.4. The minimum Gasteiger partial charge on any atom is -0.489 e. The van der Waals surface area contributed by atoms with Crippen LogP contribution >= 0.6 is 11.8 Å². The van der Waals surface area contributed by atoms with Gasteiger partial charge in [-0.3, -0.25) is 0 Å². The summed E-state index contributed by atoms with van der Waals surface area (Å²) in [6, 6.07) is 13.0. The molecule has 0 radical (unpaired) electrons. The Hall–Kier alpha value is -2.23. The molecule has 0 saturated heterocycles. The van der Waals surface area contributed by atoms with Crippen LogP contribution in [0.1, 0.15) is 33.1 Å². The molecule has 2 N–H and O–H groups in total. The first-order chi connectivity index (χ1) is 15.6. The number of aliphatic hydroxyl groups excluding tert-OH is 1. The van der Waals surface area contributed by atoms with E-state index in [2.05, 4.69) is 11.8 Å². The maximum absolute atomic E-state index is 13.6. The highest BCUT2D eigenvalue weighted by atomic mass is 32.2. The number of fused-ring (bicyclic) bond motifs is 1. The summed E-state index contributed by atoms with van der Waals surface area (Å²) in [6.45, 7) is 4.20. The molecule has 1 aliphatic rings. The molecule has 0 bridgehead atoms. The number of carboxylic acids is 1. The molecule has 0 fully saturated rings. The smallest absolute Gasteiger partial charge is 0.336 e. The lowest BCUT2D eigenvalue weighted by atomic mass is 9.86. The van der Waals surface area contributed by atoms with Gasteiger partial charge in [-0.25, -0.2) is 13.2 Å². The van der Waals surface area contributed by atoms with Crippen LogP contribution in [0.15, 0.2) is 52.3 Å². The predicted octanol–water partition coefficient (Wildman–Crippen LogP) is 4.35. The second-order valence-electron chi connectivity index (χ2n) is 8.73. The van der Waals surface area contributed by atoms with Crippen molar-refractivity contribution in [3.8, 4) is 5.75 Å². The van der Waals surface area contributed by atoms with E-state index >= 15 is 0 Å². The highest BCUT2D eigenvalue weighted by Crippen LogP contribution is 2.46. The highest BCUT2D eigenvalue weighted by molar-refractivity contribution is 7.98. The van der Waals surface area contributed by atoms with Crippen molar-refractivity contribution in [1.82, 2.24) is 0 Å². The molecule has 0 spiro atoms. The molecule has 3 rings (SSSR count). The van der Waals surface area contributed by atoms with Gasteiger partial charge in [-0.2, -0.15) is 0 Å². The molecule has 2 aromatic carbocycles. The zero-order valence-corrected chi connectivity index (χ0v) is 20.8. The zero-order chi connectivity index (χ0) is 24.2. The first-order valence-corrected chi connectivity index (χ1v) is 13.8. The minimum absolute atomic E-state index is 0.00609. The van der Waals surface area contributed by atoms with Crippen LogP contribution in [0.4, 0.5) is 11.4 Å². The number of thioether (sulfide) groups is 1. The van der Waals surface area contributed by atoms with E-state index in [0.29, 0.717) is 17.1 Å². The van der Waals surface area contributed by atoms with Gasteiger partial charge in [-0.05, 0) is 36.3 Å². The summed E-state index contributed by atoms with van der Waals surface area (Å²) in [5.41, 5.74) is 1.03. The second-order valence-corrected chi connectivity index (χ2v) is 11.5. The molecule has 180 valence electrons. The van der Waals surface area contributed by atoms with Gasteiger partial charge in [0.25, 0.3) is 0 Å². The molecule has 2 atom stereocenters. The van der Waals surface area contributed by atoms with Crippen molar-refractivity contribution in [3.05, 3.63) is 42.5 Å². The van der Waals surface area contributed by atoms with E-state index in [4.69, 9.17) is 9.84 Å². The number of aliphatic carboxylic acids is 1. The van der Waals surface area contributed by atoms with Gasteiger partial charge in [-0.15, -0.1) is 11.8 Å². The topological polar surface area (TPSA) is 104 Å². The van der Waals surface area contributed by atoms with E-state index in [-0.39, 0.29) is 16.4 Å². The molecule has 1 unspecified atom stereocenters. The normalized spacial score (nSPS) is 20.5. The monoisotopic (exact) mass is 493 g/mol. The molecule has 33 heavy (non-hydrogen) atoms. The molecule has 0 saturated carbocycles. The van der Waals surface area contributed by atoms with Crippen LogP contribution in [0.25, 0.3) is 0 Å². The highest BCUT2D eigenvalue weighted by Gasteiger charge is 2.40. The van der Waals surface area contributed by atoms with E-state index in [1.54, 1.807) is 6.07 Å². The Bertz CT molecular complexity index is 1090. The maximum Gasteiger partial charge on any atom is 0.336 e. The number of nitrogens with zero attached hydrogens (tertiary/aromatic N) is 1. The summed E-state index contributed by atoms with van der Waals surface area (Å²) < 4.78 is 32.8. The second kappa shape index (κ2) is 10.4. The van der Waals surface area contributed by atoms with Gasteiger partial charge in [0.1, 0.15) is 12.4 Å². The third kappa shape index (κ3) is 5.83. The van der Waals surface area contributed by atoms with Crippen molar-refractivity contribution in [2.75, 3.05) is 30.1 Å². The molecule has 0 aromatic heterocycles. The average Bonchev–Trinajstić information content (AvgIpc) is 2.87. The van der Waals surface area contributed by atoms with Crippen molar-refractivity contribution in [3.63, 3.8) is 0 Å². The van der Waals surface area contributed by atoms with Crippen LogP contribution in [0.3, 0.4) is 0 Å². The number of anilines is 2. The number of unbranched alkanes of at least 4 members (excludes halogenated alkanes) is 1. The van der Waals surface area contributed by atoms with Gasteiger partial charge in [0.2, 0.25) is 0 Å². The fourth-order valence-electron chi connectivity index (χ4n) is 4.15. The number of aliphatic hydroxyl groups is 1. The van der Waals surface area contributed by atoms with Crippen LogP contribution in [-0.2, 0) is 14.6 Å². The number of sulfone groups is 1. The lowest BCUT2D eigenvalue weighted by molar-refractivity contribution is -0.148. The largest absolute Gasteiger partial charge is 0.489 e. The Morgan fingerprint density at radius 3 is 2.58 bits per heavy atom. The molecule has 0 aliphatic carbocycles. The van der Waals surface area contributed by atoms with Crippen molar-refractivity contribution in [2.24, 2.45) is 5.41 Å². The molecule has 7 nitrogen and oxygen atoms in total. The van der Waals surface area contributed by atoms with Gasteiger partial charge in [0, 0.05) is 18.3 Å². The van der Waals surface area contributed by atoms with Crippen LogP contribution in [-0.4, -0.2) is 55.9 Å². The Morgan fingerprint density at radius 2 is 1.97 bits per heavy atom. The van der Waals surface area contributed by atoms with Crippen molar-refractivity contribution in [2.45, 2.75) is 49.0 Å². The number of para-hydroxylation sites is 1. The fourth-order valence-corrected chi connectivity index (χ4v) is 6.78. The molecule has 9 heteroatoms. The lowest BCUT2D eigenvalue weighted by Gasteiger charge is -2.34. The third-order valence-corrected chi connectivity index (χ3v) is 8.67. The van der Waals surface area contributed by atoms with E-state index in [1.807, 2.05) is 43.5 Å². The Morgan fingerprint density at radius 1 is 1.27 bits per heavy atom. The first-order valence-electron chi connectivity index (χ1n) is 10.9. The zero-order valence-electron chi connectivity index (χ0n) is 19.2. The van der Waals surface area contributed by atoms with Gasteiger partial charge >= 0.3 is 5.97 Å². The van der Waals surface area contributed by atoms with Gasteiger partial charge in [0.05, 0.1) is 21.2 Å². The maximum atomic E-state index is 13.6. The van der Waals surface area contributed by atoms with E-state index < -0.39 is 33.9 Å². The van der Waals surface area contributed by atoms with Crippen LogP contribution in [0, 0.1) is 5.41 Å². The number of carboxylic acid groups (broad SMARTS) is 1. The molecule has 0 amide bonds. The lowest BCUT2D eigenvalue weighted by Crippen LogP contribution is -2.35. The van der Waals surface area contributed by atoms with E-state index in [9.17, 15) is 18.3 Å². The Labute approximate surface area is 199 Å². The number of benzene rings is 2.